The summed E-state index contributed by atoms with van der Waals surface area (Å²) in [7, 11) is 0. The van der Waals surface area contributed by atoms with E-state index in [4.69, 9.17) is 6.42 Å². The number of rotatable bonds is 3. The predicted octanol–water partition coefficient (Wildman–Crippen LogP) is 1.77. The molecule has 0 bridgehead atoms. The number of hydrogen-bond acceptors (Lipinski definition) is 3. The van der Waals surface area contributed by atoms with Gasteiger partial charge in [-0.05, 0) is 12.8 Å². The molecule has 0 radical (unpaired) electrons. The number of amides is 1. The largest absolute Gasteiger partial charge is 0.336 e. The number of non-ortho nitro benzene ring substituents is 1. The fourth-order valence-electron chi connectivity index (χ4n) is 1.56. The molecule has 1 amide bonds. The highest BCUT2D eigenvalue weighted by molar-refractivity contribution is 5.96. The molecule has 5 nitrogen and oxygen atoms in total. The molecule has 0 unspecified atom stereocenters. The van der Waals surface area contributed by atoms with Gasteiger partial charge in [0.25, 0.3) is 11.6 Å². The van der Waals surface area contributed by atoms with E-state index in [2.05, 4.69) is 11.2 Å². The number of benzene rings is 1. The molecular formula is C12H8F2N2O3. The summed E-state index contributed by atoms with van der Waals surface area (Å²) in [6.07, 6.45) is 6.27. The maximum absolute atomic E-state index is 13.5. The van der Waals surface area contributed by atoms with Crippen LogP contribution in [0.15, 0.2) is 12.1 Å². The molecule has 1 aliphatic rings. The number of hydrogen-bond donors (Lipinski definition) is 1. The number of nitrogens with one attached hydrogen (secondary N) is 1. The Kier molecular flexibility index (Phi) is 2.94. The first-order chi connectivity index (χ1) is 8.88. The van der Waals surface area contributed by atoms with Crippen LogP contribution in [0, 0.1) is 34.1 Å². The van der Waals surface area contributed by atoms with Gasteiger partial charge < -0.3 is 5.32 Å². The van der Waals surface area contributed by atoms with Crippen molar-refractivity contribution in [3.05, 3.63) is 39.4 Å². The number of nitrogens with zero attached hydrogens (tertiary/aromatic N) is 1. The van der Waals surface area contributed by atoms with Gasteiger partial charge in [-0.3, -0.25) is 14.9 Å². The third-order valence-electron chi connectivity index (χ3n) is 2.85. The molecular weight excluding hydrogens is 258 g/mol. The van der Waals surface area contributed by atoms with E-state index in [0.29, 0.717) is 25.0 Å². The summed E-state index contributed by atoms with van der Waals surface area (Å²) < 4.78 is 26.7. The Balaban J connectivity index is 2.36. The summed E-state index contributed by atoms with van der Waals surface area (Å²) in [6, 6.07) is 1.10. The van der Waals surface area contributed by atoms with Gasteiger partial charge in [-0.1, -0.05) is 5.92 Å². The zero-order valence-electron chi connectivity index (χ0n) is 9.57. The molecule has 2 rings (SSSR count). The second-order valence-electron chi connectivity index (χ2n) is 4.23. The van der Waals surface area contributed by atoms with Crippen LogP contribution in [-0.2, 0) is 0 Å². The molecule has 98 valence electrons. The van der Waals surface area contributed by atoms with Gasteiger partial charge in [0.15, 0.2) is 11.6 Å². The van der Waals surface area contributed by atoms with Crippen molar-refractivity contribution in [3.63, 3.8) is 0 Å². The molecule has 0 aromatic heterocycles. The third-order valence-corrected chi connectivity index (χ3v) is 2.85. The molecule has 0 aliphatic heterocycles. The van der Waals surface area contributed by atoms with Crippen LogP contribution in [0.4, 0.5) is 14.5 Å². The predicted molar refractivity (Wildman–Crippen MR) is 61.3 cm³/mol. The fourth-order valence-corrected chi connectivity index (χ4v) is 1.56. The number of halogens is 2. The lowest BCUT2D eigenvalue weighted by atomic mass is 10.1. The minimum Gasteiger partial charge on any atom is -0.336 e. The average Bonchev–Trinajstić information content (AvgIpc) is 3.12. The number of terminal acetylenes is 1. The van der Waals surface area contributed by atoms with Crippen LogP contribution in [-0.4, -0.2) is 16.4 Å². The Hall–Kier alpha value is -2.49. The summed E-state index contributed by atoms with van der Waals surface area (Å²) in [6.45, 7) is 0. The van der Waals surface area contributed by atoms with Crippen LogP contribution in [0.2, 0.25) is 0 Å². The van der Waals surface area contributed by atoms with Crippen LogP contribution in [0.5, 0.6) is 0 Å². The van der Waals surface area contributed by atoms with E-state index in [1.54, 1.807) is 0 Å². The number of nitro benzene ring substituents is 1. The molecule has 19 heavy (non-hydrogen) atoms. The molecule has 0 heterocycles. The van der Waals surface area contributed by atoms with E-state index in [-0.39, 0.29) is 0 Å². The molecule has 1 aromatic rings. The van der Waals surface area contributed by atoms with Gasteiger partial charge in [-0.25, -0.2) is 8.78 Å². The van der Waals surface area contributed by atoms with Crippen molar-refractivity contribution in [1.82, 2.24) is 5.32 Å². The van der Waals surface area contributed by atoms with Gasteiger partial charge in [0.05, 0.1) is 16.6 Å². The van der Waals surface area contributed by atoms with E-state index in [1.165, 1.54) is 0 Å². The minimum atomic E-state index is -1.45. The van der Waals surface area contributed by atoms with Crippen molar-refractivity contribution in [2.45, 2.75) is 18.4 Å². The van der Waals surface area contributed by atoms with Crippen LogP contribution in [0.1, 0.15) is 23.2 Å². The van der Waals surface area contributed by atoms with E-state index < -0.39 is 39.3 Å². The molecule has 0 spiro atoms. The molecule has 7 heteroatoms. The molecule has 0 atom stereocenters. The molecule has 1 fully saturated rings. The first-order valence-electron chi connectivity index (χ1n) is 5.32. The number of carbonyl (C=O) groups is 1. The van der Waals surface area contributed by atoms with Crippen molar-refractivity contribution < 1.29 is 18.5 Å². The maximum atomic E-state index is 13.5. The third kappa shape index (κ3) is 2.38. The van der Waals surface area contributed by atoms with Crippen molar-refractivity contribution in [3.8, 4) is 12.3 Å². The van der Waals surface area contributed by atoms with Gasteiger partial charge in [-0.2, -0.15) is 0 Å². The SMILES string of the molecule is C#CC1(NC(=O)c2cc([N+](=O)[O-])cc(F)c2F)CC1. The highest BCUT2D eigenvalue weighted by Gasteiger charge is 2.43. The molecule has 1 saturated carbocycles. The van der Waals surface area contributed by atoms with Crippen molar-refractivity contribution in [2.24, 2.45) is 0 Å². The second-order valence-corrected chi connectivity index (χ2v) is 4.23. The average molecular weight is 266 g/mol. The lowest BCUT2D eigenvalue weighted by molar-refractivity contribution is -0.385. The molecule has 1 N–H and O–H groups in total. The van der Waals surface area contributed by atoms with E-state index in [0.717, 1.165) is 0 Å². The fraction of sp³-hybridized carbons (Fsp3) is 0.250. The van der Waals surface area contributed by atoms with Crippen molar-refractivity contribution in [2.75, 3.05) is 0 Å². The Morgan fingerprint density at radius 3 is 2.58 bits per heavy atom. The zero-order valence-corrected chi connectivity index (χ0v) is 9.57. The summed E-state index contributed by atoms with van der Waals surface area (Å²) >= 11 is 0. The van der Waals surface area contributed by atoms with Gasteiger partial charge in [-0.15, -0.1) is 6.42 Å². The smallest absolute Gasteiger partial charge is 0.273 e. The summed E-state index contributed by atoms with van der Waals surface area (Å²) in [5.74, 6) is -1.51. The lowest BCUT2D eigenvalue weighted by Crippen LogP contribution is -2.36. The van der Waals surface area contributed by atoms with Crippen LogP contribution in [0.3, 0.4) is 0 Å². The van der Waals surface area contributed by atoms with Crippen LogP contribution >= 0.6 is 0 Å². The standard InChI is InChI=1S/C12H8F2N2O3/c1-2-12(3-4-12)15-11(17)8-5-7(16(18)19)6-9(13)10(8)14/h1,5-6H,3-4H2,(H,15,17). The molecule has 1 aromatic carbocycles. The highest BCUT2D eigenvalue weighted by atomic mass is 19.2. The van der Waals surface area contributed by atoms with Crippen LogP contribution < -0.4 is 5.32 Å². The monoisotopic (exact) mass is 266 g/mol. The Bertz CT molecular complexity index is 618. The van der Waals surface area contributed by atoms with E-state index in [1.807, 2.05) is 0 Å². The van der Waals surface area contributed by atoms with Crippen molar-refractivity contribution >= 4 is 11.6 Å². The van der Waals surface area contributed by atoms with Crippen molar-refractivity contribution in [1.29, 1.82) is 0 Å². The summed E-state index contributed by atoms with van der Waals surface area (Å²) in [5, 5.41) is 12.9. The minimum absolute atomic E-state index is 0.417. The van der Waals surface area contributed by atoms with Gasteiger partial charge in [0, 0.05) is 6.07 Å². The van der Waals surface area contributed by atoms with Gasteiger partial charge in [0.1, 0.15) is 5.54 Å². The topological polar surface area (TPSA) is 72.2 Å². The normalized spacial score (nSPS) is 15.4. The van der Waals surface area contributed by atoms with Crippen LogP contribution in [0.25, 0.3) is 0 Å². The quantitative estimate of drug-likeness (QED) is 0.515. The van der Waals surface area contributed by atoms with E-state index in [9.17, 15) is 23.7 Å². The number of nitro groups is 1. The Labute approximate surface area is 106 Å². The van der Waals surface area contributed by atoms with Gasteiger partial charge >= 0.3 is 0 Å². The Morgan fingerprint density at radius 2 is 2.11 bits per heavy atom. The zero-order chi connectivity index (χ0) is 14.2. The first kappa shape index (κ1) is 13.0. The summed E-state index contributed by atoms with van der Waals surface area (Å²) in [4.78, 5) is 21.4. The molecule has 0 saturated heterocycles. The summed E-state index contributed by atoms with van der Waals surface area (Å²) in [5.41, 5.74) is -2.27. The Morgan fingerprint density at radius 1 is 1.47 bits per heavy atom. The first-order valence-corrected chi connectivity index (χ1v) is 5.32. The van der Waals surface area contributed by atoms with E-state index >= 15 is 0 Å². The second kappa shape index (κ2) is 4.31. The van der Waals surface area contributed by atoms with Gasteiger partial charge in [0.2, 0.25) is 0 Å². The molecule has 1 aliphatic carbocycles. The lowest BCUT2D eigenvalue weighted by Gasteiger charge is -2.11. The maximum Gasteiger partial charge on any atom is 0.273 e. The highest BCUT2D eigenvalue weighted by Crippen LogP contribution is 2.35. The number of carbonyl (C=O) groups excluding carboxylic acids is 1.